The molecule has 8 N–H and O–H groups in total. The number of hydroxylamine groups is 6. The van der Waals surface area contributed by atoms with E-state index in [1.807, 2.05) is 24.3 Å². The third kappa shape index (κ3) is 11.7. The topological polar surface area (TPSA) is 213 Å². The summed E-state index contributed by atoms with van der Waals surface area (Å²) in [4.78, 5) is 17.5. The van der Waals surface area contributed by atoms with Gasteiger partial charge in [0.2, 0.25) is 5.78 Å². The first-order valence-electron chi connectivity index (χ1n) is 15.8. The highest BCUT2D eigenvalue weighted by molar-refractivity contribution is 6.24. The molecule has 0 radical (unpaired) electrons. The Morgan fingerprint density at radius 1 is 0.681 bits per heavy atom. The molecule has 0 aromatic heterocycles. The Hall–Kier alpha value is -3.86. The summed E-state index contributed by atoms with van der Waals surface area (Å²) in [6, 6.07) is 14.4. The molecule has 0 saturated heterocycles. The van der Waals surface area contributed by atoms with Gasteiger partial charge in [-0.15, -0.1) is 0 Å². The maximum Gasteiger partial charge on any atom is 0.208 e. The Labute approximate surface area is 275 Å². The zero-order valence-corrected chi connectivity index (χ0v) is 26.9. The van der Waals surface area contributed by atoms with Gasteiger partial charge in [0, 0.05) is 48.6 Å². The third-order valence-corrected chi connectivity index (χ3v) is 7.92. The van der Waals surface area contributed by atoms with Gasteiger partial charge in [0.1, 0.15) is 37.6 Å². The average Bonchev–Trinajstić information content (AvgIpc) is 3.04. The van der Waals surface area contributed by atoms with E-state index in [-0.39, 0.29) is 94.2 Å². The van der Waals surface area contributed by atoms with Gasteiger partial charge in [0.05, 0.1) is 50.9 Å². The maximum atomic E-state index is 12.9. The van der Waals surface area contributed by atoms with Gasteiger partial charge < -0.3 is 61.2 Å². The highest BCUT2D eigenvalue weighted by Crippen LogP contribution is 2.25. The molecule has 3 rings (SSSR count). The van der Waals surface area contributed by atoms with Crippen LogP contribution in [0, 0.1) is 10.4 Å². The number of aliphatic hydroxyl groups is 5. The van der Waals surface area contributed by atoms with Crippen molar-refractivity contribution in [2.75, 3.05) is 94.7 Å². The number of carbonyl (C=O) groups excluding carboxylic acids is 1. The minimum absolute atomic E-state index is 0.0457. The van der Waals surface area contributed by atoms with Crippen molar-refractivity contribution >= 4 is 34.2 Å². The minimum Gasteiger partial charge on any atom is -0.633 e. The smallest absolute Gasteiger partial charge is 0.208 e. The predicted molar refractivity (Wildman–Crippen MR) is 183 cm³/mol. The van der Waals surface area contributed by atoms with E-state index in [1.54, 1.807) is 24.3 Å². The van der Waals surface area contributed by atoms with E-state index < -0.39 is 9.29 Å². The standard InChI is InChI=1S/C33H48N6O8/c1-25-32(44)30(36-28-8-4-26(5-9-28)34-12-2-14-38(46,16-20-40)17-21-41)24-31(33(25)45)37-29-10-6-27(7-11-29)35-13-3-15-39(47,18-22-42)19-23-43/h4-11,24,34-36,40-43,45H,2-3,12-23H2,1H3/b37-31+. The Balaban J connectivity index is 1.57. The fourth-order valence-electron chi connectivity index (χ4n) is 5.17. The number of aliphatic imine (C=N–C) groups is 1. The molecule has 2 aromatic carbocycles. The summed E-state index contributed by atoms with van der Waals surface area (Å²) in [5.74, 6) is -0.558. The first-order chi connectivity index (χ1) is 22.5. The van der Waals surface area contributed by atoms with Crippen molar-refractivity contribution in [1.82, 2.24) is 0 Å². The highest BCUT2D eigenvalue weighted by atomic mass is 16.6. The summed E-state index contributed by atoms with van der Waals surface area (Å²) < 4.78 is -1.27. The maximum absolute atomic E-state index is 12.9. The summed E-state index contributed by atoms with van der Waals surface area (Å²) in [5.41, 5.74) is 3.50. The molecule has 0 fully saturated rings. The number of nitrogens with zero attached hydrogens (tertiary/aromatic N) is 3. The fourth-order valence-corrected chi connectivity index (χ4v) is 5.17. The van der Waals surface area contributed by atoms with Crippen LogP contribution in [0.1, 0.15) is 19.8 Å². The second-order valence-corrected chi connectivity index (χ2v) is 11.5. The van der Waals surface area contributed by atoms with Gasteiger partial charge in [0.25, 0.3) is 0 Å². The molecule has 0 heterocycles. The Morgan fingerprint density at radius 2 is 1.11 bits per heavy atom. The molecular formula is C33H48N6O8. The van der Waals surface area contributed by atoms with Crippen LogP contribution in [0.2, 0.25) is 0 Å². The number of aliphatic hydroxyl groups excluding tert-OH is 5. The van der Waals surface area contributed by atoms with E-state index in [0.717, 1.165) is 11.4 Å². The third-order valence-electron chi connectivity index (χ3n) is 7.92. The number of carbonyl (C=O) groups is 1. The van der Waals surface area contributed by atoms with Crippen LogP contribution in [-0.2, 0) is 4.79 Å². The van der Waals surface area contributed by atoms with E-state index in [2.05, 4.69) is 20.9 Å². The van der Waals surface area contributed by atoms with Crippen molar-refractivity contribution in [3.63, 3.8) is 0 Å². The van der Waals surface area contributed by atoms with E-state index in [9.17, 15) is 20.3 Å². The monoisotopic (exact) mass is 656 g/mol. The lowest BCUT2D eigenvalue weighted by Gasteiger charge is -2.42. The zero-order valence-electron chi connectivity index (χ0n) is 26.9. The van der Waals surface area contributed by atoms with Gasteiger partial charge in [-0.05, 0) is 61.5 Å². The number of hydrogen-bond donors (Lipinski definition) is 8. The summed E-state index contributed by atoms with van der Waals surface area (Å²) in [7, 11) is 0. The molecule has 258 valence electrons. The molecule has 0 atom stereocenters. The van der Waals surface area contributed by atoms with Crippen molar-refractivity contribution in [2.24, 2.45) is 4.99 Å². The van der Waals surface area contributed by atoms with Gasteiger partial charge >= 0.3 is 0 Å². The second-order valence-electron chi connectivity index (χ2n) is 11.5. The molecule has 0 saturated carbocycles. The lowest BCUT2D eigenvalue weighted by molar-refractivity contribution is -0.881. The number of nitrogens with one attached hydrogen (secondary N) is 3. The largest absolute Gasteiger partial charge is 0.633 e. The van der Waals surface area contributed by atoms with E-state index >= 15 is 0 Å². The SMILES string of the molecule is CC1=C(O)/C(=N/c2ccc(NCCC[N+]([O-])(CCO)CCO)cc2)C=C(Nc2ccc(NCCC[N+]([O-])(CCO)CCO)cc2)C1=O. The van der Waals surface area contributed by atoms with Gasteiger partial charge in [-0.3, -0.25) is 4.79 Å². The quantitative estimate of drug-likeness (QED) is 0.0423. The number of anilines is 3. The molecule has 14 nitrogen and oxygen atoms in total. The molecule has 1 aliphatic carbocycles. The molecular weight excluding hydrogens is 608 g/mol. The van der Waals surface area contributed by atoms with Crippen LogP contribution in [0.15, 0.2) is 76.6 Å². The average molecular weight is 657 g/mol. The number of hydrogen-bond acceptors (Lipinski definition) is 12. The number of quaternary nitrogens is 2. The van der Waals surface area contributed by atoms with Crippen LogP contribution >= 0.6 is 0 Å². The van der Waals surface area contributed by atoms with Crippen molar-refractivity contribution in [3.05, 3.63) is 82.1 Å². The van der Waals surface area contributed by atoms with E-state index in [1.165, 1.54) is 13.0 Å². The summed E-state index contributed by atoms with van der Waals surface area (Å²) >= 11 is 0. The molecule has 0 bridgehead atoms. The number of allylic oxidation sites excluding steroid dienone is 2. The van der Waals surface area contributed by atoms with Gasteiger partial charge in [-0.2, -0.15) is 0 Å². The Bertz CT molecular complexity index is 1370. The van der Waals surface area contributed by atoms with Crippen LogP contribution in [0.3, 0.4) is 0 Å². The first-order valence-corrected chi connectivity index (χ1v) is 15.8. The molecule has 2 aromatic rings. The molecule has 0 unspecified atom stereocenters. The minimum atomic E-state index is -0.637. The molecule has 47 heavy (non-hydrogen) atoms. The number of benzene rings is 2. The predicted octanol–water partition coefficient (Wildman–Crippen LogP) is 2.37. The summed E-state index contributed by atoms with van der Waals surface area (Å²) in [6.07, 6.45) is 2.61. The van der Waals surface area contributed by atoms with Crippen molar-refractivity contribution < 1.29 is 39.6 Å². The lowest BCUT2D eigenvalue weighted by atomic mass is 9.99. The Morgan fingerprint density at radius 3 is 1.55 bits per heavy atom. The normalized spacial score (nSPS) is 14.8. The number of rotatable bonds is 21. The van der Waals surface area contributed by atoms with Crippen LogP contribution in [0.5, 0.6) is 0 Å². The molecule has 1 aliphatic rings. The zero-order chi connectivity index (χ0) is 34.3. The summed E-state index contributed by atoms with van der Waals surface area (Å²) in [5, 5.41) is 81.9. The van der Waals surface area contributed by atoms with Crippen molar-refractivity contribution in [3.8, 4) is 0 Å². The fraction of sp³-hybridized carbons (Fsp3) is 0.455. The van der Waals surface area contributed by atoms with Crippen LogP contribution in [0.25, 0.3) is 0 Å². The van der Waals surface area contributed by atoms with Gasteiger partial charge in [0.15, 0.2) is 0 Å². The molecule has 0 amide bonds. The van der Waals surface area contributed by atoms with E-state index in [4.69, 9.17) is 20.4 Å². The van der Waals surface area contributed by atoms with Crippen LogP contribution < -0.4 is 16.0 Å². The second kappa shape index (κ2) is 18.5. The molecule has 0 spiro atoms. The van der Waals surface area contributed by atoms with Crippen LogP contribution in [-0.4, -0.2) is 125 Å². The lowest BCUT2D eigenvalue weighted by Crippen LogP contribution is -2.47. The molecule has 14 heteroatoms. The number of ketones is 1. The van der Waals surface area contributed by atoms with Crippen molar-refractivity contribution in [2.45, 2.75) is 19.8 Å². The molecule has 0 aliphatic heterocycles. The van der Waals surface area contributed by atoms with Crippen molar-refractivity contribution in [1.29, 1.82) is 0 Å². The van der Waals surface area contributed by atoms with Gasteiger partial charge in [-0.1, -0.05) is 0 Å². The highest BCUT2D eigenvalue weighted by Gasteiger charge is 2.24. The first kappa shape index (κ1) is 37.6. The van der Waals surface area contributed by atoms with Crippen LogP contribution in [0.4, 0.5) is 22.7 Å². The Kier molecular flexibility index (Phi) is 14.8. The van der Waals surface area contributed by atoms with Gasteiger partial charge in [-0.25, -0.2) is 4.99 Å². The number of Topliss-reactive ketones (excluding diaryl/α,β-unsaturated/α-hetero) is 1. The summed E-state index contributed by atoms with van der Waals surface area (Å²) in [6.45, 7) is 2.42. The van der Waals surface area contributed by atoms with E-state index in [0.29, 0.717) is 37.3 Å².